The molecule has 1 aliphatic heterocycles. The van der Waals surface area contributed by atoms with Crippen LogP contribution in [0.3, 0.4) is 0 Å². The Morgan fingerprint density at radius 2 is 1.89 bits per heavy atom. The number of aliphatic imine (C=N–C) groups is 1. The summed E-state index contributed by atoms with van der Waals surface area (Å²) in [4.78, 5) is 34.7. The van der Waals surface area contributed by atoms with Crippen molar-refractivity contribution in [1.29, 1.82) is 0 Å². The number of anilines is 2. The number of amides is 1. The van der Waals surface area contributed by atoms with E-state index in [1.807, 2.05) is 85.7 Å². The molecule has 190 valence electrons. The van der Waals surface area contributed by atoms with Crippen LogP contribution in [-0.2, 0) is 11.3 Å². The second-order valence-corrected chi connectivity index (χ2v) is 9.51. The lowest BCUT2D eigenvalue weighted by Crippen LogP contribution is -2.28. The fourth-order valence-corrected chi connectivity index (χ4v) is 4.86. The fourth-order valence-electron chi connectivity index (χ4n) is 3.85. The van der Waals surface area contributed by atoms with Crippen molar-refractivity contribution in [3.63, 3.8) is 0 Å². The van der Waals surface area contributed by atoms with Gasteiger partial charge in [0.15, 0.2) is 11.0 Å². The van der Waals surface area contributed by atoms with Crippen LogP contribution in [0.5, 0.6) is 5.75 Å². The maximum atomic E-state index is 13.6. The van der Waals surface area contributed by atoms with E-state index in [0.29, 0.717) is 34.4 Å². The summed E-state index contributed by atoms with van der Waals surface area (Å²) in [6.07, 6.45) is 1.82. The Balaban J connectivity index is 1.74. The van der Waals surface area contributed by atoms with Crippen molar-refractivity contribution in [2.45, 2.75) is 20.4 Å². The number of ether oxygens (including phenoxy) is 1. The average Bonchev–Trinajstić information content (AvgIpc) is 3.19. The number of amidine groups is 1. The predicted octanol–water partition coefficient (Wildman–Crippen LogP) is 6.07. The molecule has 3 aromatic rings. The van der Waals surface area contributed by atoms with Crippen molar-refractivity contribution < 1.29 is 14.3 Å². The van der Waals surface area contributed by atoms with Crippen molar-refractivity contribution in [3.05, 3.63) is 95.0 Å². The van der Waals surface area contributed by atoms with E-state index in [2.05, 4.69) is 5.32 Å². The molecule has 3 aromatic carbocycles. The summed E-state index contributed by atoms with van der Waals surface area (Å²) in [5.41, 5.74) is 3.88. The Labute approximate surface area is 221 Å². The Hall–Kier alpha value is -4.04. The van der Waals surface area contributed by atoms with Crippen LogP contribution in [0, 0.1) is 0 Å². The first-order valence-corrected chi connectivity index (χ1v) is 12.8. The van der Waals surface area contributed by atoms with Crippen molar-refractivity contribution in [2.75, 3.05) is 30.9 Å². The molecule has 0 aromatic heterocycles. The minimum atomic E-state index is -0.130. The number of nitrogens with one attached hydrogen (secondary N) is 1. The molecule has 1 aliphatic rings. The van der Waals surface area contributed by atoms with Gasteiger partial charge >= 0.3 is 0 Å². The molecule has 37 heavy (non-hydrogen) atoms. The van der Waals surface area contributed by atoms with E-state index in [1.54, 1.807) is 24.1 Å². The van der Waals surface area contributed by atoms with Crippen molar-refractivity contribution in [2.24, 2.45) is 4.99 Å². The lowest BCUT2D eigenvalue weighted by molar-refractivity contribution is -0.122. The third-order valence-corrected chi connectivity index (χ3v) is 6.82. The third-order valence-electron chi connectivity index (χ3n) is 5.83. The van der Waals surface area contributed by atoms with Crippen molar-refractivity contribution in [1.82, 2.24) is 4.90 Å². The fraction of sp³-hybridized carbons (Fsp3) is 0.207. The molecule has 1 N–H and O–H groups in total. The molecule has 0 saturated carbocycles. The molecule has 1 amide bonds. The number of thioether (sulfide) groups is 1. The Kier molecular flexibility index (Phi) is 8.30. The molecule has 1 saturated heterocycles. The number of ketones is 1. The van der Waals surface area contributed by atoms with Gasteiger partial charge in [-0.05, 0) is 61.5 Å². The number of carbonyl (C=O) groups is 2. The highest BCUT2D eigenvalue weighted by molar-refractivity contribution is 8.18. The quantitative estimate of drug-likeness (QED) is 0.276. The maximum absolute atomic E-state index is 13.6. The van der Waals surface area contributed by atoms with Crippen LogP contribution in [0.25, 0.3) is 0 Å². The van der Waals surface area contributed by atoms with Crippen LogP contribution < -0.4 is 15.0 Å². The molecular formula is C29H30N4O3S. The van der Waals surface area contributed by atoms with Gasteiger partial charge in [-0.15, -0.1) is 0 Å². The van der Waals surface area contributed by atoms with Crippen LogP contribution in [0.4, 0.5) is 17.1 Å². The maximum Gasteiger partial charge on any atom is 0.268 e. The highest BCUT2D eigenvalue weighted by Crippen LogP contribution is 2.37. The summed E-state index contributed by atoms with van der Waals surface area (Å²) in [5, 5.41) is 3.86. The Morgan fingerprint density at radius 3 is 2.59 bits per heavy atom. The molecule has 0 bridgehead atoms. The molecule has 1 heterocycles. The van der Waals surface area contributed by atoms with Gasteiger partial charge in [0, 0.05) is 37.1 Å². The third kappa shape index (κ3) is 6.21. The smallest absolute Gasteiger partial charge is 0.268 e. The molecule has 0 unspecified atom stereocenters. The van der Waals surface area contributed by atoms with Crippen LogP contribution in [0.2, 0.25) is 0 Å². The van der Waals surface area contributed by atoms with E-state index in [-0.39, 0.29) is 11.7 Å². The lowest BCUT2D eigenvalue weighted by Gasteiger charge is -2.17. The normalized spacial score (nSPS) is 15.4. The van der Waals surface area contributed by atoms with Crippen LogP contribution >= 0.6 is 11.8 Å². The van der Waals surface area contributed by atoms with Crippen molar-refractivity contribution >= 4 is 45.7 Å². The zero-order valence-corrected chi connectivity index (χ0v) is 22.2. The summed E-state index contributed by atoms with van der Waals surface area (Å²) >= 11 is 1.32. The van der Waals surface area contributed by atoms with Gasteiger partial charge in [-0.2, -0.15) is 0 Å². The number of hydrogen-bond donors (Lipinski definition) is 1. The summed E-state index contributed by atoms with van der Waals surface area (Å²) in [6, 6.07) is 22.9. The van der Waals surface area contributed by atoms with E-state index >= 15 is 0 Å². The molecule has 1 fully saturated rings. The minimum Gasteiger partial charge on any atom is -0.497 e. The summed E-state index contributed by atoms with van der Waals surface area (Å²) in [7, 11) is 3.52. The second-order valence-electron chi connectivity index (χ2n) is 8.50. The largest absolute Gasteiger partial charge is 0.497 e. The van der Waals surface area contributed by atoms with Gasteiger partial charge < -0.3 is 15.0 Å². The van der Waals surface area contributed by atoms with Gasteiger partial charge in [-0.1, -0.05) is 36.4 Å². The zero-order chi connectivity index (χ0) is 26.4. The zero-order valence-electron chi connectivity index (χ0n) is 21.4. The van der Waals surface area contributed by atoms with Crippen molar-refractivity contribution in [3.8, 4) is 5.75 Å². The first-order valence-electron chi connectivity index (χ1n) is 12.0. The highest BCUT2D eigenvalue weighted by atomic mass is 32.2. The summed E-state index contributed by atoms with van der Waals surface area (Å²) < 4.78 is 5.34. The number of methoxy groups -OCH3 is 1. The van der Waals surface area contributed by atoms with Gasteiger partial charge in [-0.3, -0.25) is 14.5 Å². The lowest BCUT2D eigenvalue weighted by atomic mass is 10.1. The van der Waals surface area contributed by atoms with Gasteiger partial charge in [0.1, 0.15) is 5.75 Å². The average molecular weight is 515 g/mol. The molecular weight excluding hydrogens is 484 g/mol. The molecule has 4 rings (SSSR count). The number of benzene rings is 3. The minimum absolute atomic E-state index is 0.0405. The predicted molar refractivity (Wildman–Crippen MR) is 152 cm³/mol. The summed E-state index contributed by atoms with van der Waals surface area (Å²) in [5.74, 6) is 0.568. The number of Topliss-reactive ketones (excluding diaryl/α,β-unsaturated/α-hetero) is 1. The van der Waals surface area contributed by atoms with Gasteiger partial charge in [0.25, 0.3) is 5.91 Å². The molecule has 8 heteroatoms. The van der Waals surface area contributed by atoms with E-state index < -0.39 is 0 Å². The second kappa shape index (κ2) is 11.8. The number of nitrogens with zero attached hydrogens (tertiary/aromatic N) is 3. The molecule has 0 spiro atoms. The number of hydrogen-bond acceptors (Lipinski definition) is 7. The molecule has 0 atom stereocenters. The Bertz CT molecular complexity index is 1350. The molecule has 0 aliphatic carbocycles. The first kappa shape index (κ1) is 26.0. The number of carbonyl (C=O) groups excluding carboxylic acids is 2. The van der Waals surface area contributed by atoms with E-state index in [9.17, 15) is 9.59 Å². The van der Waals surface area contributed by atoms with E-state index in [4.69, 9.17) is 9.73 Å². The first-order chi connectivity index (χ1) is 17.9. The summed E-state index contributed by atoms with van der Waals surface area (Å²) in [6.45, 7) is 4.62. The van der Waals surface area contributed by atoms with Crippen LogP contribution in [-0.4, -0.2) is 42.5 Å². The van der Waals surface area contributed by atoms with E-state index in [0.717, 1.165) is 22.7 Å². The SMILES string of the molecule is CCNc1ccc(C(C)=O)cc1N=C1S/C(=C\N(C)c2cccc(OC)c2)C(=O)N1Cc1ccccc1. The van der Waals surface area contributed by atoms with Gasteiger partial charge in [0.2, 0.25) is 0 Å². The standard InChI is InChI=1S/C29H30N4O3S/c1-5-30-25-15-14-22(20(2)34)16-26(25)31-29-33(18-21-10-7-6-8-11-21)28(35)27(37-29)19-32(3)23-12-9-13-24(17-23)36-4/h6-17,19,30H,5,18H2,1-4H3/b27-19-,31-29?. The van der Waals surface area contributed by atoms with Crippen LogP contribution in [0.1, 0.15) is 29.8 Å². The van der Waals surface area contributed by atoms with Crippen LogP contribution in [0.15, 0.2) is 88.9 Å². The highest BCUT2D eigenvalue weighted by Gasteiger charge is 2.34. The van der Waals surface area contributed by atoms with Gasteiger partial charge in [-0.25, -0.2) is 4.99 Å². The monoisotopic (exact) mass is 514 g/mol. The molecule has 0 radical (unpaired) electrons. The molecule has 7 nitrogen and oxygen atoms in total. The topological polar surface area (TPSA) is 74.2 Å². The Morgan fingerprint density at radius 1 is 1.11 bits per heavy atom. The van der Waals surface area contributed by atoms with Gasteiger partial charge in [0.05, 0.1) is 29.9 Å². The number of rotatable bonds is 9. The van der Waals surface area contributed by atoms with E-state index in [1.165, 1.54) is 18.7 Å².